The van der Waals surface area contributed by atoms with Gasteiger partial charge in [0.2, 0.25) is 11.7 Å². The zero-order chi connectivity index (χ0) is 18.5. The van der Waals surface area contributed by atoms with Crippen LogP contribution in [-0.4, -0.2) is 22.3 Å². The summed E-state index contributed by atoms with van der Waals surface area (Å²) in [5, 5.41) is 2.94. The number of anilines is 1. The average molecular weight is 357 g/mol. The number of furan rings is 1. The van der Waals surface area contributed by atoms with E-state index in [0.29, 0.717) is 17.6 Å². The summed E-state index contributed by atoms with van der Waals surface area (Å²) in [6.45, 7) is 4.06. The zero-order valence-corrected chi connectivity index (χ0v) is 15.5. The molecule has 0 aromatic carbocycles. The molecule has 0 saturated heterocycles. The largest absolute Gasteiger partial charge is 0.461 e. The van der Waals surface area contributed by atoms with Crippen LogP contribution in [0.1, 0.15) is 73.7 Å². The van der Waals surface area contributed by atoms with E-state index >= 15 is 0 Å². The van der Waals surface area contributed by atoms with Crippen molar-refractivity contribution in [2.75, 3.05) is 11.9 Å². The van der Waals surface area contributed by atoms with Gasteiger partial charge in [-0.15, -0.1) is 0 Å². The number of nitrogens with zero attached hydrogens (tertiary/aromatic N) is 1. The predicted octanol–water partition coefficient (Wildman–Crippen LogP) is 3.90. The Hall–Kier alpha value is -2.37. The SMILES string of the molecule is CC(C)c1c(CC2CCCCC2)nc(NCC(=O)c2ccco2)[nH]c1=O. The van der Waals surface area contributed by atoms with Crippen LogP contribution in [0.3, 0.4) is 0 Å². The van der Waals surface area contributed by atoms with Gasteiger partial charge in [-0.2, -0.15) is 0 Å². The fourth-order valence-electron chi connectivity index (χ4n) is 3.72. The average Bonchev–Trinajstić information content (AvgIpc) is 3.14. The van der Waals surface area contributed by atoms with Crippen molar-refractivity contribution in [2.24, 2.45) is 5.92 Å². The van der Waals surface area contributed by atoms with Crippen molar-refractivity contribution in [3.8, 4) is 0 Å². The number of H-pyrrole nitrogens is 1. The fourth-order valence-corrected chi connectivity index (χ4v) is 3.72. The highest BCUT2D eigenvalue weighted by molar-refractivity contribution is 5.96. The van der Waals surface area contributed by atoms with Crippen LogP contribution in [-0.2, 0) is 6.42 Å². The molecule has 1 aliphatic rings. The molecule has 2 aromatic heterocycles. The van der Waals surface area contributed by atoms with Crippen molar-refractivity contribution in [1.29, 1.82) is 0 Å². The maximum atomic E-state index is 12.6. The highest BCUT2D eigenvalue weighted by atomic mass is 16.3. The first-order valence-corrected chi connectivity index (χ1v) is 9.48. The van der Waals surface area contributed by atoms with Gasteiger partial charge in [-0.05, 0) is 30.4 Å². The molecule has 0 aliphatic heterocycles. The lowest BCUT2D eigenvalue weighted by atomic mass is 9.84. The van der Waals surface area contributed by atoms with Crippen molar-refractivity contribution < 1.29 is 9.21 Å². The van der Waals surface area contributed by atoms with Crippen molar-refractivity contribution in [3.05, 3.63) is 45.8 Å². The molecule has 0 unspecified atom stereocenters. The highest BCUT2D eigenvalue weighted by Gasteiger charge is 2.21. The number of carbonyl (C=O) groups is 1. The first-order valence-electron chi connectivity index (χ1n) is 9.48. The van der Waals surface area contributed by atoms with Crippen molar-refractivity contribution in [2.45, 2.75) is 58.3 Å². The molecular weight excluding hydrogens is 330 g/mol. The van der Waals surface area contributed by atoms with Gasteiger partial charge < -0.3 is 9.73 Å². The maximum Gasteiger partial charge on any atom is 0.255 e. The summed E-state index contributed by atoms with van der Waals surface area (Å²) in [4.78, 5) is 32.1. The third-order valence-electron chi connectivity index (χ3n) is 5.03. The molecule has 6 heteroatoms. The second kappa shape index (κ2) is 8.34. The molecule has 0 spiro atoms. The van der Waals surface area contributed by atoms with Gasteiger partial charge in [0.15, 0.2) is 5.76 Å². The Morgan fingerprint density at radius 2 is 2.12 bits per heavy atom. The number of aromatic nitrogens is 2. The Kier molecular flexibility index (Phi) is 5.91. The molecule has 2 heterocycles. The first-order chi connectivity index (χ1) is 12.5. The summed E-state index contributed by atoms with van der Waals surface area (Å²) in [5.74, 6) is 1.17. The molecule has 0 atom stereocenters. The lowest BCUT2D eigenvalue weighted by Crippen LogP contribution is -2.25. The molecule has 0 radical (unpaired) electrons. The number of nitrogens with one attached hydrogen (secondary N) is 2. The fraction of sp³-hybridized carbons (Fsp3) is 0.550. The number of hydrogen-bond acceptors (Lipinski definition) is 5. The van der Waals surface area contributed by atoms with E-state index in [-0.39, 0.29) is 23.8 Å². The number of aromatic amines is 1. The number of rotatable bonds is 7. The second-order valence-electron chi connectivity index (χ2n) is 7.39. The summed E-state index contributed by atoms with van der Waals surface area (Å²) in [7, 11) is 0. The van der Waals surface area contributed by atoms with E-state index in [0.717, 1.165) is 17.7 Å². The van der Waals surface area contributed by atoms with Gasteiger partial charge in [0.25, 0.3) is 5.56 Å². The predicted molar refractivity (Wildman–Crippen MR) is 101 cm³/mol. The van der Waals surface area contributed by atoms with E-state index in [2.05, 4.69) is 15.3 Å². The van der Waals surface area contributed by atoms with Crippen LogP contribution in [0, 0.1) is 5.92 Å². The zero-order valence-electron chi connectivity index (χ0n) is 15.5. The lowest BCUT2D eigenvalue weighted by molar-refractivity contribution is 0.0979. The molecule has 6 nitrogen and oxygen atoms in total. The molecule has 0 amide bonds. The van der Waals surface area contributed by atoms with E-state index in [9.17, 15) is 9.59 Å². The van der Waals surface area contributed by atoms with Gasteiger partial charge in [-0.3, -0.25) is 14.6 Å². The number of hydrogen-bond donors (Lipinski definition) is 2. The van der Waals surface area contributed by atoms with Gasteiger partial charge in [0.05, 0.1) is 18.5 Å². The van der Waals surface area contributed by atoms with Gasteiger partial charge in [0.1, 0.15) is 0 Å². The Labute approximate surface area is 153 Å². The van der Waals surface area contributed by atoms with E-state index in [1.165, 1.54) is 38.4 Å². The van der Waals surface area contributed by atoms with Crippen LogP contribution >= 0.6 is 0 Å². The van der Waals surface area contributed by atoms with Gasteiger partial charge >= 0.3 is 0 Å². The Balaban J connectivity index is 1.77. The topological polar surface area (TPSA) is 88.0 Å². The van der Waals surface area contributed by atoms with Crippen LogP contribution in [0.4, 0.5) is 5.95 Å². The number of carbonyl (C=O) groups excluding carboxylic acids is 1. The molecule has 0 bridgehead atoms. The Morgan fingerprint density at radius 1 is 1.35 bits per heavy atom. The molecule has 1 aliphatic carbocycles. The summed E-state index contributed by atoms with van der Waals surface area (Å²) >= 11 is 0. The molecule has 140 valence electrons. The monoisotopic (exact) mass is 357 g/mol. The van der Waals surface area contributed by atoms with E-state index in [1.807, 2.05) is 13.8 Å². The Morgan fingerprint density at radius 3 is 2.77 bits per heavy atom. The summed E-state index contributed by atoms with van der Waals surface area (Å²) < 4.78 is 5.10. The molecular formula is C20H27N3O3. The summed E-state index contributed by atoms with van der Waals surface area (Å²) in [5.41, 5.74) is 1.51. The van der Waals surface area contributed by atoms with Gasteiger partial charge in [-0.1, -0.05) is 46.0 Å². The van der Waals surface area contributed by atoms with Crippen LogP contribution < -0.4 is 10.9 Å². The number of ketones is 1. The maximum absolute atomic E-state index is 12.6. The van der Waals surface area contributed by atoms with Crippen LogP contribution in [0.5, 0.6) is 0 Å². The minimum Gasteiger partial charge on any atom is -0.461 e. The third-order valence-corrected chi connectivity index (χ3v) is 5.03. The van der Waals surface area contributed by atoms with Gasteiger partial charge in [-0.25, -0.2) is 4.98 Å². The first kappa shape index (κ1) is 18.4. The van der Waals surface area contributed by atoms with E-state index < -0.39 is 0 Å². The molecule has 3 rings (SSSR count). The molecule has 1 fully saturated rings. The van der Waals surface area contributed by atoms with Crippen molar-refractivity contribution >= 4 is 11.7 Å². The van der Waals surface area contributed by atoms with Crippen molar-refractivity contribution in [1.82, 2.24) is 9.97 Å². The quantitative estimate of drug-likeness (QED) is 0.734. The minimum atomic E-state index is -0.181. The molecule has 2 aromatic rings. The Bertz CT molecular complexity index is 787. The van der Waals surface area contributed by atoms with Crippen LogP contribution in [0.2, 0.25) is 0 Å². The van der Waals surface area contributed by atoms with Crippen LogP contribution in [0.25, 0.3) is 0 Å². The van der Waals surface area contributed by atoms with Crippen molar-refractivity contribution in [3.63, 3.8) is 0 Å². The van der Waals surface area contributed by atoms with Gasteiger partial charge in [0, 0.05) is 5.56 Å². The standard InChI is InChI=1S/C20H27N3O3/c1-13(2)18-15(11-14-7-4-3-5-8-14)22-20(23-19(18)25)21-12-16(24)17-9-6-10-26-17/h6,9-10,13-14H,3-5,7-8,11-12H2,1-2H3,(H2,21,22,23,25). The van der Waals surface area contributed by atoms with Crippen LogP contribution in [0.15, 0.2) is 27.6 Å². The normalized spacial score (nSPS) is 15.3. The smallest absolute Gasteiger partial charge is 0.255 e. The molecule has 1 saturated carbocycles. The molecule has 2 N–H and O–H groups in total. The highest BCUT2D eigenvalue weighted by Crippen LogP contribution is 2.28. The van der Waals surface area contributed by atoms with E-state index in [4.69, 9.17) is 4.42 Å². The third kappa shape index (κ3) is 4.42. The second-order valence-corrected chi connectivity index (χ2v) is 7.39. The van der Waals surface area contributed by atoms with E-state index in [1.54, 1.807) is 12.1 Å². The summed E-state index contributed by atoms with van der Waals surface area (Å²) in [6.07, 6.45) is 8.52. The minimum absolute atomic E-state index is 0.0281. The number of Topliss-reactive ketones (excluding diaryl/α,β-unsaturated/α-hetero) is 1. The summed E-state index contributed by atoms with van der Waals surface area (Å²) in [6, 6.07) is 3.30. The molecule has 26 heavy (non-hydrogen) atoms. The lowest BCUT2D eigenvalue weighted by Gasteiger charge is -2.23.